The van der Waals surface area contributed by atoms with Crippen LogP contribution in [0.25, 0.3) is 0 Å². The van der Waals surface area contributed by atoms with Crippen molar-refractivity contribution in [2.45, 2.75) is 50.5 Å². The molecule has 1 saturated carbocycles. The fourth-order valence-electron chi connectivity index (χ4n) is 4.96. The van der Waals surface area contributed by atoms with Crippen LogP contribution in [-0.2, 0) is 12.0 Å². The number of carbonyl (C=O) groups is 1. The van der Waals surface area contributed by atoms with Crippen molar-refractivity contribution in [3.8, 4) is 5.75 Å². The molecule has 6 nitrogen and oxygen atoms in total. The van der Waals surface area contributed by atoms with Crippen molar-refractivity contribution >= 4 is 6.29 Å². The molecule has 35 heavy (non-hydrogen) atoms. The molecule has 6 heteroatoms. The van der Waals surface area contributed by atoms with Gasteiger partial charge in [-0.3, -0.25) is 4.79 Å². The van der Waals surface area contributed by atoms with Crippen molar-refractivity contribution in [1.29, 1.82) is 0 Å². The van der Waals surface area contributed by atoms with Crippen LogP contribution >= 0.6 is 0 Å². The summed E-state index contributed by atoms with van der Waals surface area (Å²) >= 11 is 0. The Morgan fingerprint density at radius 1 is 1.11 bits per heavy atom. The molecule has 1 fully saturated rings. The van der Waals surface area contributed by atoms with E-state index >= 15 is 0 Å². The zero-order chi connectivity index (χ0) is 24.5. The van der Waals surface area contributed by atoms with Gasteiger partial charge in [0.1, 0.15) is 17.8 Å². The van der Waals surface area contributed by atoms with Crippen LogP contribution in [0.5, 0.6) is 5.75 Å². The van der Waals surface area contributed by atoms with Gasteiger partial charge in [0.05, 0.1) is 12.8 Å². The lowest BCUT2D eigenvalue weighted by Crippen LogP contribution is -2.38. The van der Waals surface area contributed by atoms with E-state index in [1.165, 1.54) is 6.42 Å². The average molecular weight is 477 g/mol. The Bertz CT molecular complexity index is 1060. The van der Waals surface area contributed by atoms with E-state index in [1.807, 2.05) is 42.5 Å². The molecule has 1 aromatic heterocycles. The van der Waals surface area contributed by atoms with Gasteiger partial charge in [-0.15, -0.1) is 0 Å². The van der Waals surface area contributed by atoms with E-state index in [-0.39, 0.29) is 5.92 Å². The van der Waals surface area contributed by atoms with Crippen LogP contribution < -0.4 is 4.74 Å². The van der Waals surface area contributed by atoms with Crippen molar-refractivity contribution in [2.24, 2.45) is 5.92 Å². The van der Waals surface area contributed by atoms with E-state index in [0.29, 0.717) is 18.1 Å². The van der Waals surface area contributed by atoms with Crippen LogP contribution in [0.2, 0.25) is 0 Å². The molecule has 0 amide bonds. The van der Waals surface area contributed by atoms with Gasteiger partial charge in [-0.05, 0) is 44.0 Å². The average Bonchev–Trinajstić information content (AvgIpc) is 3.40. The third-order valence-electron chi connectivity index (χ3n) is 6.98. The standard InChI is InChI=1S/C29H36N2O4/c1-31(17-9-19-34-26-15-8-10-23(20-26)22-32)18-16-27-21-30-28(35-27)29(33,24-11-4-2-5-12-24)25-13-6-3-7-14-25/h2,4-5,8,10-12,15,20-22,25,33H,3,6-7,9,13-14,16-19H2,1H3/t29-/m0/s1. The predicted octanol–water partition coefficient (Wildman–Crippen LogP) is 5.25. The number of oxazole rings is 1. The Morgan fingerprint density at radius 2 is 1.91 bits per heavy atom. The Kier molecular flexibility index (Phi) is 8.72. The van der Waals surface area contributed by atoms with Gasteiger partial charge in [0.2, 0.25) is 5.89 Å². The van der Waals surface area contributed by atoms with E-state index in [4.69, 9.17) is 9.15 Å². The lowest BCUT2D eigenvalue weighted by Gasteiger charge is -2.36. The SMILES string of the molecule is CN(CCCOc1cccc(C=O)c1)CCc1cnc([C@](O)(c2ccccc2)C2CCCCC2)o1. The number of nitrogens with zero attached hydrogens (tertiary/aromatic N) is 2. The van der Waals surface area contributed by atoms with Gasteiger partial charge in [-0.25, -0.2) is 4.98 Å². The Balaban J connectivity index is 1.30. The largest absolute Gasteiger partial charge is 0.494 e. The topological polar surface area (TPSA) is 75.8 Å². The molecule has 1 atom stereocenters. The Hall–Kier alpha value is -2.96. The summed E-state index contributed by atoms with van der Waals surface area (Å²) in [6.07, 6.45) is 9.63. The Labute approximate surface area is 207 Å². The number of aldehydes is 1. The third-order valence-corrected chi connectivity index (χ3v) is 6.98. The molecule has 0 aliphatic heterocycles. The van der Waals surface area contributed by atoms with Gasteiger partial charge in [0.15, 0.2) is 5.60 Å². The maximum Gasteiger partial charge on any atom is 0.231 e. The van der Waals surface area contributed by atoms with Crippen molar-refractivity contribution in [3.05, 3.63) is 83.6 Å². The molecule has 2 aromatic carbocycles. The number of hydrogen-bond donors (Lipinski definition) is 1. The molecular weight excluding hydrogens is 440 g/mol. The fraction of sp³-hybridized carbons (Fsp3) is 0.448. The Morgan fingerprint density at radius 3 is 2.69 bits per heavy atom. The van der Waals surface area contributed by atoms with Crippen LogP contribution in [0.1, 0.15) is 66.1 Å². The van der Waals surface area contributed by atoms with Crippen LogP contribution in [0.4, 0.5) is 0 Å². The summed E-state index contributed by atoms with van der Waals surface area (Å²) in [5.74, 6) is 2.04. The van der Waals surface area contributed by atoms with Crippen LogP contribution in [-0.4, -0.2) is 48.0 Å². The van der Waals surface area contributed by atoms with Crippen molar-refractivity contribution in [1.82, 2.24) is 9.88 Å². The molecule has 3 aromatic rings. The van der Waals surface area contributed by atoms with Crippen molar-refractivity contribution in [2.75, 3.05) is 26.7 Å². The zero-order valence-corrected chi connectivity index (χ0v) is 20.6. The smallest absolute Gasteiger partial charge is 0.231 e. The second-order valence-corrected chi connectivity index (χ2v) is 9.54. The summed E-state index contributed by atoms with van der Waals surface area (Å²) in [6, 6.07) is 17.0. The van der Waals surface area contributed by atoms with Crippen LogP contribution in [0, 0.1) is 5.92 Å². The quantitative estimate of drug-likeness (QED) is 0.284. The number of rotatable bonds is 12. The van der Waals surface area contributed by atoms with E-state index < -0.39 is 5.60 Å². The number of ether oxygens (including phenoxy) is 1. The first kappa shape index (κ1) is 25.1. The minimum Gasteiger partial charge on any atom is -0.494 e. The number of carbonyl (C=O) groups excluding carboxylic acids is 1. The predicted molar refractivity (Wildman–Crippen MR) is 136 cm³/mol. The maximum atomic E-state index is 11.9. The molecule has 0 unspecified atom stereocenters. The molecule has 1 aliphatic carbocycles. The van der Waals surface area contributed by atoms with E-state index in [1.54, 1.807) is 18.3 Å². The fourth-order valence-corrected chi connectivity index (χ4v) is 4.96. The summed E-state index contributed by atoms with van der Waals surface area (Å²) in [5, 5.41) is 11.9. The summed E-state index contributed by atoms with van der Waals surface area (Å²) in [7, 11) is 2.08. The highest BCUT2D eigenvalue weighted by molar-refractivity contribution is 5.75. The highest BCUT2D eigenvalue weighted by atomic mass is 16.5. The molecule has 1 heterocycles. The molecule has 0 saturated heterocycles. The van der Waals surface area contributed by atoms with Gasteiger partial charge >= 0.3 is 0 Å². The molecule has 0 spiro atoms. The minimum absolute atomic E-state index is 0.111. The van der Waals surface area contributed by atoms with Gasteiger partial charge < -0.3 is 19.2 Å². The summed E-state index contributed by atoms with van der Waals surface area (Å²) in [5.41, 5.74) is 0.287. The number of likely N-dealkylation sites (N-methyl/N-ethyl adjacent to an activating group) is 1. The monoisotopic (exact) mass is 476 g/mol. The molecule has 0 bridgehead atoms. The number of hydrogen-bond acceptors (Lipinski definition) is 6. The highest BCUT2D eigenvalue weighted by Gasteiger charge is 2.44. The lowest BCUT2D eigenvalue weighted by atomic mass is 9.73. The van der Waals surface area contributed by atoms with Crippen molar-refractivity contribution < 1.29 is 19.1 Å². The minimum atomic E-state index is -1.19. The number of aliphatic hydroxyl groups is 1. The van der Waals surface area contributed by atoms with Gasteiger partial charge in [0, 0.05) is 31.0 Å². The van der Waals surface area contributed by atoms with Crippen LogP contribution in [0.3, 0.4) is 0 Å². The normalized spacial score (nSPS) is 16.2. The number of benzene rings is 2. The third kappa shape index (κ3) is 6.38. The molecule has 1 N–H and O–H groups in total. The first-order valence-corrected chi connectivity index (χ1v) is 12.7. The van der Waals surface area contributed by atoms with E-state index in [0.717, 1.165) is 75.0 Å². The molecule has 1 aliphatic rings. The molecule has 0 radical (unpaired) electrons. The van der Waals surface area contributed by atoms with Crippen LogP contribution in [0.15, 0.2) is 65.2 Å². The second-order valence-electron chi connectivity index (χ2n) is 9.54. The molecule has 186 valence electrons. The van der Waals surface area contributed by atoms with E-state index in [2.05, 4.69) is 16.9 Å². The van der Waals surface area contributed by atoms with Crippen molar-refractivity contribution in [3.63, 3.8) is 0 Å². The lowest BCUT2D eigenvalue weighted by molar-refractivity contribution is -0.0239. The second kappa shape index (κ2) is 12.1. The first-order chi connectivity index (χ1) is 17.1. The summed E-state index contributed by atoms with van der Waals surface area (Å²) in [6.45, 7) is 2.29. The first-order valence-electron chi connectivity index (χ1n) is 12.7. The van der Waals surface area contributed by atoms with Gasteiger partial charge in [-0.1, -0.05) is 61.7 Å². The molecule has 4 rings (SSSR count). The zero-order valence-electron chi connectivity index (χ0n) is 20.6. The van der Waals surface area contributed by atoms with Gasteiger partial charge in [0.25, 0.3) is 0 Å². The highest BCUT2D eigenvalue weighted by Crippen LogP contribution is 2.43. The number of aromatic nitrogens is 1. The summed E-state index contributed by atoms with van der Waals surface area (Å²) in [4.78, 5) is 17.7. The van der Waals surface area contributed by atoms with E-state index in [9.17, 15) is 9.90 Å². The molecular formula is C29H36N2O4. The van der Waals surface area contributed by atoms with Gasteiger partial charge in [-0.2, -0.15) is 0 Å². The maximum absolute atomic E-state index is 11.9. The summed E-state index contributed by atoms with van der Waals surface area (Å²) < 4.78 is 11.9.